The molecule has 0 aliphatic heterocycles. The first-order chi connectivity index (χ1) is 13.3. The Balaban J connectivity index is 1.92. The predicted molar refractivity (Wildman–Crippen MR) is 114 cm³/mol. The Labute approximate surface area is 162 Å². The molecule has 3 aromatic carbocycles. The van der Waals surface area contributed by atoms with Crippen molar-refractivity contribution >= 4 is 34.8 Å². The fraction of sp³-hybridized carbons (Fsp3) is 0.0435. The van der Waals surface area contributed by atoms with Crippen molar-refractivity contribution in [2.75, 3.05) is 6.26 Å². The average molecular weight is 370 g/mol. The van der Waals surface area contributed by atoms with E-state index in [1.165, 1.54) is 0 Å². The monoisotopic (exact) mass is 370 g/mol. The predicted octanol–water partition coefficient (Wildman–Crippen LogP) is 5.28. The van der Waals surface area contributed by atoms with Gasteiger partial charge in [-0.2, -0.15) is 0 Å². The second-order valence-electron chi connectivity index (χ2n) is 6.07. The topological polar surface area (TPSA) is 34.9 Å². The molecule has 1 heterocycles. The molecule has 4 aromatic rings. The maximum Gasteiger partial charge on any atom is 0.266 e. The number of thioether (sulfide) groups is 1. The van der Waals surface area contributed by atoms with Gasteiger partial charge in [0.2, 0.25) is 0 Å². The normalized spacial score (nSPS) is 11.3. The molecule has 0 bridgehead atoms. The lowest BCUT2D eigenvalue weighted by Gasteiger charge is -2.12. The largest absolute Gasteiger partial charge is 0.268 e. The summed E-state index contributed by atoms with van der Waals surface area (Å²) in [6.07, 6.45) is 5.90. The third kappa shape index (κ3) is 3.57. The summed E-state index contributed by atoms with van der Waals surface area (Å²) in [7, 11) is 0. The lowest BCUT2D eigenvalue weighted by Crippen LogP contribution is -2.22. The minimum atomic E-state index is -0.0646. The molecule has 4 heteroatoms. The molecule has 0 radical (unpaired) electrons. The third-order valence-electron chi connectivity index (χ3n) is 4.36. The molecule has 0 saturated carbocycles. The van der Waals surface area contributed by atoms with Crippen LogP contribution in [0.5, 0.6) is 0 Å². The van der Waals surface area contributed by atoms with E-state index < -0.39 is 0 Å². The van der Waals surface area contributed by atoms with E-state index in [1.54, 1.807) is 16.3 Å². The van der Waals surface area contributed by atoms with Crippen molar-refractivity contribution in [3.63, 3.8) is 0 Å². The zero-order valence-electron chi connectivity index (χ0n) is 14.9. The lowest BCUT2D eigenvalue weighted by molar-refractivity contribution is 0.942. The summed E-state index contributed by atoms with van der Waals surface area (Å²) in [6.45, 7) is 0. The van der Waals surface area contributed by atoms with Crippen LogP contribution in [0.15, 0.2) is 88.6 Å². The Morgan fingerprint density at radius 2 is 1.56 bits per heavy atom. The number of fused-ring (bicyclic) bond motifs is 1. The van der Waals surface area contributed by atoms with Crippen LogP contribution < -0.4 is 5.56 Å². The highest BCUT2D eigenvalue weighted by Gasteiger charge is 2.11. The van der Waals surface area contributed by atoms with Gasteiger partial charge in [0.25, 0.3) is 5.56 Å². The van der Waals surface area contributed by atoms with Gasteiger partial charge >= 0.3 is 0 Å². The minimum absolute atomic E-state index is 0.0646. The van der Waals surface area contributed by atoms with Gasteiger partial charge in [-0.25, -0.2) is 4.98 Å². The Hall–Kier alpha value is -3.11. The first-order valence-corrected chi connectivity index (χ1v) is 9.88. The van der Waals surface area contributed by atoms with Crippen molar-refractivity contribution in [1.82, 2.24) is 9.55 Å². The number of hydrogen-bond donors (Lipinski definition) is 0. The Morgan fingerprint density at radius 3 is 2.30 bits per heavy atom. The average Bonchev–Trinajstić information content (AvgIpc) is 2.73. The van der Waals surface area contributed by atoms with Crippen molar-refractivity contribution in [3.8, 4) is 5.69 Å². The Morgan fingerprint density at radius 1 is 0.852 bits per heavy atom. The summed E-state index contributed by atoms with van der Waals surface area (Å²) in [5.74, 6) is 0.611. The number of benzene rings is 3. The van der Waals surface area contributed by atoms with Crippen LogP contribution in [0.25, 0.3) is 28.7 Å². The molecule has 0 N–H and O–H groups in total. The molecule has 0 amide bonds. The SMILES string of the molecule is CSc1ccc(-n2c(/C=C/c3ccccc3)nc3ccccc3c2=O)cc1. The molecule has 0 saturated heterocycles. The third-order valence-corrected chi connectivity index (χ3v) is 5.10. The zero-order chi connectivity index (χ0) is 18.6. The van der Waals surface area contributed by atoms with Crippen molar-refractivity contribution in [1.29, 1.82) is 0 Å². The summed E-state index contributed by atoms with van der Waals surface area (Å²) < 4.78 is 1.67. The Kier molecular flexibility index (Phi) is 4.90. The van der Waals surface area contributed by atoms with E-state index >= 15 is 0 Å². The van der Waals surface area contributed by atoms with Gasteiger partial charge in [-0.05, 0) is 54.3 Å². The van der Waals surface area contributed by atoms with Gasteiger partial charge < -0.3 is 0 Å². The zero-order valence-corrected chi connectivity index (χ0v) is 15.7. The van der Waals surface area contributed by atoms with Crippen molar-refractivity contribution in [2.45, 2.75) is 4.90 Å². The van der Waals surface area contributed by atoms with E-state index in [0.29, 0.717) is 16.7 Å². The highest BCUT2D eigenvalue weighted by atomic mass is 32.2. The van der Waals surface area contributed by atoms with E-state index in [9.17, 15) is 4.79 Å². The second kappa shape index (κ2) is 7.64. The second-order valence-corrected chi connectivity index (χ2v) is 6.95. The van der Waals surface area contributed by atoms with Crippen LogP contribution >= 0.6 is 11.8 Å². The van der Waals surface area contributed by atoms with E-state index in [-0.39, 0.29) is 5.56 Å². The van der Waals surface area contributed by atoms with Crippen LogP contribution in [-0.4, -0.2) is 15.8 Å². The first kappa shape index (κ1) is 17.3. The highest BCUT2D eigenvalue weighted by molar-refractivity contribution is 7.98. The van der Waals surface area contributed by atoms with E-state index in [1.807, 2.05) is 97.3 Å². The molecule has 3 nitrogen and oxygen atoms in total. The summed E-state index contributed by atoms with van der Waals surface area (Å²) >= 11 is 1.67. The molecule has 0 fully saturated rings. The van der Waals surface area contributed by atoms with E-state index in [4.69, 9.17) is 4.98 Å². The summed E-state index contributed by atoms with van der Waals surface area (Å²) in [5.41, 5.74) is 2.50. The molecule has 0 atom stereocenters. The lowest BCUT2D eigenvalue weighted by atomic mass is 10.2. The standard InChI is InChI=1S/C23H18N2OS/c1-27-19-14-12-18(13-15-19)25-22(16-11-17-7-3-2-4-8-17)24-21-10-6-5-9-20(21)23(25)26/h2-16H,1H3/b16-11+. The van der Waals surface area contributed by atoms with Gasteiger partial charge in [0.05, 0.1) is 16.6 Å². The van der Waals surface area contributed by atoms with Gasteiger partial charge in [0.1, 0.15) is 5.82 Å². The molecule has 27 heavy (non-hydrogen) atoms. The summed E-state index contributed by atoms with van der Waals surface area (Å²) in [5, 5.41) is 0.614. The van der Waals surface area contributed by atoms with Crippen LogP contribution in [-0.2, 0) is 0 Å². The molecule has 132 valence electrons. The van der Waals surface area contributed by atoms with Crippen LogP contribution in [0.3, 0.4) is 0 Å². The molecule has 0 unspecified atom stereocenters. The molecular formula is C23H18N2OS. The smallest absolute Gasteiger partial charge is 0.266 e. The first-order valence-electron chi connectivity index (χ1n) is 8.65. The number of rotatable bonds is 4. The van der Waals surface area contributed by atoms with Crippen LogP contribution in [0, 0.1) is 0 Å². The molecule has 1 aromatic heterocycles. The van der Waals surface area contributed by atoms with Gasteiger partial charge in [0.15, 0.2) is 0 Å². The molecule has 0 spiro atoms. The minimum Gasteiger partial charge on any atom is -0.268 e. The fourth-order valence-electron chi connectivity index (χ4n) is 2.98. The van der Waals surface area contributed by atoms with Crippen LogP contribution in [0.2, 0.25) is 0 Å². The van der Waals surface area contributed by atoms with Crippen LogP contribution in [0.4, 0.5) is 0 Å². The maximum atomic E-state index is 13.2. The van der Waals surface area contributed by atoms with E-state index in [0.717, 1.165) is 16.1 Å². The molecule has 4 rings (SSSR count). The van der Waals surface area contributed by atoms with Gasteiger partial charge in [-0.15, -0.1) is 11.8 Å². The van der Waals surface area contributed by atoms with Crippen molar-refractivity contribution in [3.05, 3.63) is 101 Å². The summed E-state index contributed by atoms with van der Waals surface area (Å²) in [4.78, 5) is 19.1. The van der Waals surface area contributed by atoms with Crippen molar-refractivity contribution in [2.24, 2.45) is 0 Å². The highest BCUT2D eigenvalue weighted by Crippen LogP contribution is 2.19. The van der Waals surface area contributed by atoms with Gasteiger partial charge in [-0.3, -0.25) is 9.36 Å². The molecular weight excluding hydrogens is 352 g/mol. The van der Waals surface area contributed by atoms with Crippen LogP contribution in [0.1, 0.15) is 11.4 Å². The maximum absolute atomic E-state index is 13.2. The van der Waals surface area contributed by atoms with Gasteiger partial charge in [0, 0.05) is 4.90 Å². The molecule has 0 aliphatic rings. The summed E-state index contributed by atoms with van der Waals surface area (Å²) in [6, 6.07) is 25.4. The fourth-order valence-corrected chi connectivity index (χ4v) is 3.39. The Bertz CT molecular complexity index is 1160. The number of hydrogen-bond acceptors (Lipinski definition) is 3. The number of aromatic nitrogens is 2. The van der Waals surface area contributed by atoms with Crippen molar-refractivity contribution < 1.29 is 0 Å². The van der Waals surface area contributed by atoms with Gasteiger partial charge in [-0.1, -0.05) is 48.5 Å². The quantitative estimate of drug-likeness (QED) is 0.459. The molecule has 0 aliphatic carbocycles. The number of nitrogens with zero attached hydrogens (tertiary/aromatic N) is 2. The van der Waals surface area contributed by atoms with E-state index in [2.05, 4.69) is 0 Å². The number of para-hydroxylation sites is 1.